The van der Waals surface area contributed by atoms with Gasteiger partial charge in [-0.2, -0.15) is 0 Å². The summed E-state index contributed by atoms with van der Waals surface area (Å²) >= 11 is 12.6. The molecule has 0 aliphatic rings. The zero-order valence-electron chi connectivity index (χ0n) is 9.76. The largest absolute Gasteiger partial charge is 0.476 e. The molecule has 0 radical (unpaired) electrons. The molecule has 0 atom stereocenters. The van der Waals surface area contributed by atoms with E-state index in [1.54, 1.807) is 0 Å². The molecule has 0 spiro atoms. The summed E-state index contributed by atoms with van der Waals surface area (Å²) in [5.41, 5.74) is 0.213. The fourth-order valence-electron chi connectivity index (χ4n) is 1.29. The van der Waals surface area contributed by atoms with Gasteiger partial charge in [0, 0.05) is 11.6 Å². The van der Waals surface area contributed by atoms with Crippen molar-refractivity contribution in [2.45, 2.75) is 6.54 Å². The highest BCUT2D eigenvalue weighted by molar-refractivity contribution is 7.09. The smallest absolute Gasteiger partial charge is 0.355 e. The normalized spacial score (nSPS) is 10.3. The van der Waals surface area contributed by atoms with Gasteiger partial charge in [-0.1, -0.05) is 23.2 Å². The van der Waals surface area contributed by atoms with E-state index >= 15 is 0 Å². The van der Waals surface area contributed by atoms with Gasteiger partial charge in [-0.05, 0) is 6.07 Å². The van der Waals surface area contributed by atoms with Crippen LogP contribution >= 0.6 is 34.5 Å². The number of pyridine rings is 1. The second kappa shape index (κ2) is 6.17. The molecule has 0 unspecified atom stereocenters. The van der Waals surface area contributed by atoms with Gasteiger partial charge in [0.05, 0.1) is 17.1 Å². The number of thiazole rings is 1. The number of aromatic carboxylic acids is 1. The molecule has 20 heavy (non-hydrogen) atoms. The molecule has 2 aromatic rings. The highest BCUT2D eigenvalue weighted by Gasteiger charge is 2.12. The second-order valence-electron chi connectivity index (χ2n) is 3.61. The summed E-state index contributed by atoms with van der Waals surface area (Å²) in [4.78, 5) is 30.1. The molecule has 0 fully saturated rings. The first-order chi connectivity index (χ1) is 9.47. The van der Waals surface area contributed by atoms with E-state index in [1.165, 1.54) is 17.6 Å². The van der Waals surface area contributed by atoms with Crippen LogP contribution in [0.25, 0.3) is 0 Å². The number of amides is 1. The zero-order chi connectivity index (χ0) is 14.7. The van der Waals surface area contributed by atoms with Gasteiger partial charge in [-0.3, -0.25) is 4.79 Å². The molecule has 9 heteroatoms. The monoisotopic (exact) mass is 331 g/mol. The van der Waals surface area contributed by atoms with Crippen LogP contribution < -0.4 is 5.32 Å². The molecule has 2 rings (SSSR count). The van der Waals surface area contributed by atoms with Gasteiger partial charge in [-0.15, -0.1) is 11.3 Å². The van der Waals surface area contributed by atoms with Crippen molar-refractivity contribution in [2.75, 3.05) is 0 Å². The summed E-state index contributed by atoms with van der Waals surface area (Å²) in [5.74, 6) is -1.50. The summed E-state index contributed by atoms with van der Waals surface area (Å²) < 4.78 is 0. The molecule has 0 saturated carbocycles. The van der Waals surface area contributed by atoms with Crippen LogP contribution in [0.2, 0.25) is 10.2 Å². The minimum atomic E-state index is -1.10. The Morgan fingerprint density at radius 2 is 2.15 bits per heavy atom. The molecule has 2 N–H and O–H groups in total. The third kappa shape index (κ3) is 3.44. The maximum atomic E-state index is 11.8. The molecule has 6 nitrogen and oxygen atoms in total. The first-order valence-electron chi connectivity index (χ1n) is 5.24. The number of carboxylic acid groups (broad SMARTS) is 1. The van der Waals surface area contributed by atoms with E-state index < -0.39 is 11.9 Å². The van der Waals surface area contributed by atoms with Gasteiger partial charge in [0.2, 0.25) is 0 Å². The van der Waals surface area contributed by atoms with Crippen molar-refractivity contribution in [1.82, 2.24) is 15.3 Å². The third-order valence-corrected chi connectivity index (χ3v) is 3.76. The van der Waals surface area contributed by atoms with Crippen LogP contribution in [-0.4, -0.2) is 27.0 Å². The van der Waals surface area contributed by atoms with Gasteiger partial charge >= 0.3 is 5.97 Å². The van der Waals surface area contributed by atoms with E-state index in [2.05, 4.69) is 15.3 Å². The molecule has 0 aromatic carbocycles. The van der Waals surface area contributed by atoms with E-state index in [1.807, 2.05) is 0 Å². The van der Waals surface area contributed by atoms with Crippen LogP contribution in [0.5, 0.6) is 0 Å². The van der Waals surface area contributed by atoms with Crippen LogP contribution in [0.4, 0.5) is 0 Å². The zero-order valence-corrected chi connectivity index (χ0v) is 12.1. The molecule has 2 heterocycles. The maximum absolute atomic E-state index is 11.8. The average Bonchev–Trinajstić information content (AvgIpc) is 2.88. The number of carbonyl (C=O) groups excluding carboxylic acids is 1. The molecule has 1 amide bonds. The first-order valence-corrected chi connectivity index (χ1v) is 6.88. The highest BCUT2D eigenvalue weighted by atomic mass is 35.5. The van der Waals surface area contributed by atoms with Crippen molar-refractivity contribution < 1.29 is 14.7 Å². The van der Waals surface area contributed by atoms with Crippen LogP contribution in [0.1, 0.15) is 25.9 Å². The minimum absolute atomic E-state index is 0.0459. The van der Waals surface area contributed by atoms with Gasteiger partial charge < -0.3 is 10.4 Å². The highest BCUT2D eigenvalue weighted by Crippen LogP contribution is 2.19. The fraction of sp³-hybridized carbons (Fsp3) is 0.0909. The Morgan fingerprint density at radius 1 is 1.40 bits per heavy atom. The van der Waals surface area contributed by atoms with Crippen LogP contribution in [0, 0.1) is 0 Å². The summed E-state index contributed by atoms with van der Waals surface area (Å²) in [7, 11) is 0. The molecule has 2 aromatic heterocycles. The fourth-order valence-corrected chi connectivity index (χ4v) is 2.27. The predicted molar refractivity (Wildman–Crippen MR) is 74.5 cm³/mol. The summed E-state index contributed by atoms with van der Waals surface area (Å²) in [6.45, 7) is 0.122. The molecule has 0 aliphatic carbocycles. The average molecular weight is 332 g/mol. The Bertz CT molecular complexity index is 675. The van der Waals surface area contributed by atoms with E-state index in [4.69, 9.17) is 28.3 Å². The number of hydrogen-bond donors (Lipinski definition) is 2. The summed E-state index contributed by atoms with van der Waals surface area (Å²) in [6, 6.07) is 1.40. The number of nitrogens with one attached hydrogen (secondary N) is 1. The number of nitrogens with zero attached hydrogens (tertiary/aromatic N) is 2. The van der Waals surface area contributed by atoms with Crippen LogP contribution in [0.15, 0.2) is 17.6 Å². The van der Waals surface area contributed by atoms with Crippen molar-refractivity contribution in [1.29, 1.82) is 0 Å². The van der Waals surface area contributed by atoms with Gasteiger partial charge in [0.1, 0.15) is 10.2 Å². The lowest BCUT2D eigenvalue weighted by atomic mass is 10.3. The molecule has 0 saturated heterocycles. The van der Waals surface area contributed by atoms with E-state index in [0.29, 0.717) is 5.01 Å². The third-order valence-electron chi connectivity index (χ3n) is 2.23. The standard InChI is InChI=1S/C11H7Cl2N3O3S/c12-6-1-5(2-14-9(6)13)10(17)15-3-8-16-7(4-20-8)11(18)19/h1-2,4H,3H2,(H,15,17)(H,18,19). The Labute approximate surface area is 127 Å². The number of rotatable bonds is 4. The van der Waals surface area contributed by atoms with Gasteiger partial charge in [0.25, 0.3) is 5.91 Å². The molecule has 0 bridgehead atoms. The summed E-state index contributed by atoms with van der Waals surface area (Å²) in [5, 5.41) is 13.5. The lowest BCUT2D eigenvalue weighted by molar-refractivity contribution is 0.0691. The number of hydrogen-bond acceptors (Lipinski definition) is 5. The Morgan fingerprint density at radius 3 is 2.75 bits per heavy atom. The van der Waals surface area contributed by atoms with Crippen LogP contribution in [-0.2, 0) is 6.54 Å². The van der Waals surface area contributed by atoms with Crippen molar-refractivity contribution in [2.24, 2.45) is 0 Å². The topological polar surface area (TPSA) is 92.2 Å². The number of carboxylic acids is 1. The maximum Gasteiger partial charge on any atom is 0.355 e. The van der Waals surface area contributed by atoms with Gasteiger partial charge in [-0.25, -0.2) is 14.8 Å². The Hall–Kier alpha value is -1.70. The predicted octanol–water partition coefficient (Wildman–Crippen LogP) is 2.47. The Kier molecular flexibility index (Phi) is 4.53. The SMILES string of the molecule is O=C(NCc1nc(C(=O)O)cs1)c1cnc(Cl)c(Cl)c1. The van der Waals surface area contributed by atoms with Crippen molar-refractivity contribution in [3.8, 4) is 0 Å². The first kappa shape index (κ1) is 14.7. The molecular weight excluding hydrogens is 325 g/mol. The Balaban J connectivity index is 2.00. The molecule has 0 aliphatic heterocycles. The second-order valence-corrected chi connectivity index (χ2v) is 5.32. The van der Waals surface area contributed by atoms with Crippen molar-refractivity contribution >= 4 is 46.4 Å². The van der Waals surface area contributed by atoms with E-state index in [0.717, 1.165) is 11.3 Å². The number of aromatic nitrogens is 2. The number of carbonyl (C=O) groups is 2. The lowest BCUT2D eigenvalue weighted by Gasteiger charge is -2.03. The van der Waals surface area contributed by atoms with Crippen molar-refractivity contribution in [3.63, 3.8) is 0 Å². The minimum Gasteiger partial charge on any atom is -0.476 e. The van der Waals surface area contributed by atoms with Crippen molar-refractivity contribution in [3.05, 3.63) is 44.1 Å². The number of halogens is 2. The molecular formula is C11H7Cl2N3O3S. The van der Waals surface area contributed by atoms with Gasteiger partial charge in [0.15, 0.2) is 5.69 Å². The van der Waals surface area contributed by atoms with E-state index in [9.17, 15) is 9.59 Å². The summed E-state index contributed by atoms with van der Waals surface area (Å²) in [6.07, 6.45) is 1.30. The van der Waals surface area contributed by atoms with Crippen LogP contribution in [0.3, 0.4) is 0 Å². The molecule has 104 valence electrons. The lowest BCUT2D eigenvalue weighted by Crippen LogP contribution is -2.23. The van der Waals surface area contributed by atoms with E-state index in [-0.39, 0.29) is 28.0 Å². The quantitative estimate of drug-likeness (QED) is 0.839.